The first kappa shape index (κ1) is 27.5. The van der Waals surface area contributed by atoms with Crippen molar-refractivity contribution < 1.29 is 0 Å². The van der Waals surface area contributed by atoms with Crippen LogP contribution in [0.4, 0.5) is 0 Å². The normalized spacial score (nSPS) is 12.0. The molecular weight excluding hydrogens is 629 g/mol. The second kappa shape index (κ2) is 10.5. The highest BCUT2D eigenvalue weighted by atomic mass is 32.1. The summed E-state index contributed by atoms with van der Waals surface area (Å²) in [5.41, 5.74) is 15.3. The van der Waals surface area contributed by atoms with Crippen LogP contribution in [0.1, 0.15) is 0 Å². The Bertz CT molecular complexity index is 3100. The van der Waals surface area contributed by atoms with Gasteiger partial charge >= 0.3 is 0 Å². The van der Waals surface area contributed by atoms with Gasteiger partial charge in [-0.05, 0) is 64.7 Å². The average Bonchev–Trinajstić information content (AvgIpc) is 3.89. The van der Waals surface area contributed by atoms with E-state index < -0.39 is 0 Å². The van der Waals surface area contributed by atoms with Crippen molar-refractivity contribution >= 4 is 70.6 Å². The number of fused-ring (bicyclic) bond motifs is 9. The molecule has 0 aliphatic rings. The lowest BCUT2D eigenvalue weighted by molar-refractivity contribution is 1.23. The Morgan fingerprint density at radius 3 is 2.02 bits per heavy atom. The number of thiazole rings is 1. The maximum absolute atomic E-state index is 5.25. The molecule has 0 fully saturated rings. The maximum Gasteiger partial charge on any atom is 0.160 e. The number of nitrogens with zero attached hydrogens (tertiary/aromatic N) is 4. The molecule has 0 unspecified atom stereocenters. The highest BCUT2D eigenvalue weighted by molar-refractivity contribution is 7.18. The molecule has 0 radical (unpaired) electrons. The van der Waals surface area contributed by atoms with E-state index in [0.717, 1.165) is 49.9 Å². The molecule has 4 nitrogen and oxygen atoms in total. The van der Waals surface area contributed by atoms with Crippen LogP contribution in [0.25, 0.3) is 104 Å². The molecule has 0 saturated heterocycles. The van der Waals surface area contributed by atoms with E-state index in [1.807, 2.05) is 17.6 Å². The third-order valence-electron chi connectivity index (χ3n) is 10.1. The standard InChI is InChI=1S/C45H26N4S/c1-2-10-27(11-3-1)28-12-8-14-31(22-28)42-33-16-4-6-18-37(33)47-45(48-42)32-15-9-13-29(23-32)30-20-21-40-35(24-30)36-25-38-44(50-26-46-38)41-34-17-5-7-19-39(34)49(40)43(36)41/h1-26H. The Hall–Kier alpha value is -6.43. The second-order valence-electron chi connectivity index (χ2n) is 12.9. The van der Waals surface area contributed by atoms with E-state index in [1.165, 1.54) is 48.4 Å². The number of hydrogen-bond acceptors (Lipinski definition) is 4. The van der Waals surface area contributed by atoms with Crippen LogP contribution in [0.2, 0.25) is 0 Å². The van der Waals surface area contributed by atoms with Gasteiger partial charge in [0.2, 0.25) is 0 Å². The minimum atomic E-state index is 0.713. The molecular formula is C45H26N4S. The van der Waals surface area contributed by atoms with Crippen LogP contribution in [-0.2, 0) is 0 Å². The van der Waals surface area contributed by atoms with Gasteiger partial charge < -0.3 is 4.40 Å². The summed E-state index contributed by atoms with van der Waals surface area (Å²) in [5.74, 6) is 0.713. The summed E-state index contributed by atoms with van der Waals surface area (Å²) in [4.78, 5) is 15.1. The lowest BCUT2D eigenvalue weighted by atomic mass is 9.98. The smallest absolute Gasteiger partial charge is 0.160 e. The third kappa shape index (κ3) is 4.01. The van der Waals surface area contributed by atoms with Crippen molar-refractivity contribution in [2.45, 2.75) is 0 Å². The van der Waals surface area contributed by atoms with Crippen molar-refractivity contribution in [2.75, 3.05) is 0 Å². The Labute approximate surface area is 290 Å². The zero-order valence-corrected chi connectivity index (χ0v) is 27.5. The zero-order valence-electron chi connectivity index (χ0n) is 26.7. The van der Waals surface area contributed by atoms with Gasteiger partial charge in [0.25, 0.3) is 0 Å². The van der Waals surface area contributed by atoms with E-state index in [2.05, 4.69) is 144 Å². The fourth-order valence-electron chi connectivity index (χ4n) is 7.80. The molecule has 0 aliphatic carbocycles. The molecule has 4 aromatic heterocycles. The van der Waals surface area contributed by atoms with Gasteiger partial charge in [-0.3, -0.25) is 0 Å². The van der Waals surface area contributed by atoms with Crippen molar-refractivity contribution in [3.63, 3.8) is 0 Å². The van der Waals surface area contributed by atoms with E-state index in [9.17, 15) is 0 Å². The molecule has 0 N–H and O–H groups in total. The summed E-state index contributed by atoms with van der Waals surface area (Å²) in [6.07, 6.45) is 0. The quantitative estimate of drug-likeness (QED) is 0.190. The fourth-order valence-corrected chi connectivity index (χ4v) is 8.63. The van der Waals surface area contributed by atoms with Gasteiger partial charge in [-0.1, -0.05) is 109 Å². The minimum Gasteiger partial charge on any atom is -0.308 e. The van der Waals surface area contributed by atoms with Crippen molar-refractivity contribution in [3.8, 4) is 44.9 Å². The summed E-state index contributed by atoms with van der Waals surface area (Å²) >= 11 is 1.72. The first-order chi connectivity index (χ1) is 24.8. The number of para-hydroxylation sites is 2. The van der Waals surface area contributed by atoms with Crippen LogP contribution in [0.15, 0.2) is 157 Å². The summed E-state index contributed by atoms with van der Waals surface area (Å²) < 4.78 is 3.69. The van der Waals surface area contributed by atoms with Gasteiger partial charge in [-0.15, -0.1) is 11.3 Å². The molecule has 4 heterocycles. The highest BCUT2D eigenvalue weighted by Gasteiger charge is 2.21. The van der Waals surface area contributed by atoms with Gasteiger partial charge in [0.05, 0.1) is 43.5 Å². The van der Waals surface area contributed by atoms with Crippen LogP contribution in [0, 0.1) is 0 Å². The second-order valence-corrected chi connectivity index (χ2v) is 13.7. The highest BCUT2D eigenvalue weighted by Crippen LogP contribution is 2.44. The molecule has 0 atom stereocenters. The van der Waals surface area contributed by atoms with Crippen molar-refractivity contribution in [2.24, 2.45) is 0 Å². The van der Waals surface area contributed by atoms with Gasteiger partial charge in [-0.2, -0.15) is 0 Å². The average molecular weight is 655 g/mol. The van der Waals surface area contributed by atoms with Gasteiger partial charge in [0.15, 0.2) is 5.82 Å². The fraction of sp³-hybridized carbons (Fsp3) is 0. The van der Waals surface area contributed by atoms with Crippen molar-refractivity contribution in [3.05, 3.63) is 157 Å². The van der Waals surface area contributed by atoms with E-state index >= 15 is 0 Å². The molecule has 0 amide bonds. The van der Waals surface area contributed by atoms with Crippen molar-refractivity contribution in [1.82, 2.24) is 19.4 Å². The number of aromatic nitrogens is 4. The monoisotopic (exact) mass is 654 g/mol. The molecule has 0 spiro atoms. The third-order valence-corrected chi connectivity index (χ3v) is 10.9. The molecule has 50 heavy (non-hydrogen) atoms. The Morgan fingerprint density at radius 1 is 0.440 bits per heavy atom. The van der Waals surface area contributed by atoms with E-state index in [4.69, 9.17) is 15.0 Å². The van der Waals surface area contributed by atoms with Crippen LogP contribution in [-0.4, -0.2) is 19.4 Å². The molecule has 0 aliphatic heterocycles. The summed E-state index contributed by atoms with van der Waals surface area (Å²) in [6.45, 7) is 0. The SMILES string of the molecule is c1ccc(-c2cccc(-c3nc(-c4cccc(-c5ccc6c(c5)c5cc7ncsc7c7c8ccccc8n6c57)c4)nc4ccccc34)c2)cc1. The van der Waals surface area contributed by atoms with Crippen LogP contribution in [0.3, 0.4) is 0 Å². The van der Waals surface area contributed by atoms with Crippen LogP contribution >= 0.6 is 11.3 Å². The molecule has 11 rings (SSSR count). The largest absolute Gasteiger partial charge is 0.308 e. The molecule has 232 valence electrons. The molecule has 7 aromatic carbocycles. The minimum absolute atomic E-state index is 0.713. The zero-order chi connectivity index (χ0) is 32.8. The Kier molecular flexibility index (Phi) is 5.80. The first-order valence-electron chi connectivity index (χ1n) is 16.8. The number of benzene rings is 7. The molecule has 11 aromatic rings. The van der Waals surface area contributed by atoms with E-state index in [1.54, 1.807) is 11.3 Å². The molecule has 0 saturated carbocycles. The summed E-state index contributed by atoms with van der Waals surface area (Å²) in [5, 5.41) is 6.09. The van der Waals surface area contributed by atoms with Crippen LogP contribution in [0.5, 0.6) is 0 Å². The predicted molar refractivity (Wildman–Crippen MR) is 209 cm³/mol. The van der Waals surface area contributed by atoms with E-state index in [0.29, 0.717) is 5.82 Å². The Balaban J connectivity index is 1.07. The Morgan fingerprint density at radius 2 is 1.12 bits per heavy atom. The molecule has 0 bridgehead atoms. The summed E-state index contributed by atoms with van der Waals surface area (Å²) in [6, 6.07) is 53.9. The number of hydrogen-bond donors (Lipinski definition) is 0. The maximum atomic E-state index is 5.25. The lowest BCUT2D eigenvalue weighted by Crippen LogP contribution is -1.95. The first-order valence-corrected chi connectivity index (χ1v) is 17.6. The van der Waals surface area contributed by atoms with E-state index in [-0.39, 0.29) is 0 Å². The summed E-state index contributed by atoms with van der Waals surface area (Å²) in [7, 11) is 0. The molecule has 5 heteroatoms. The number of rotatable bonds is 4. The van der Waals surface area contributed by atoms with Gasteiger partial charge in [0, 0.05) is 38.1 Å². The topological polar surface area (TPSA) is 43.1 Å². The van der Waals surface area contributed by atoms with Crippen molar-refractivity contribution in [1.29, 1.82) is 0 Å². The predicted octanol–water partition coefficient (Wildman–Crippen LogP) is 12.1. The lowest BCUT2D eigenvalue weighted by Gasteiger charge is -2.12. The van der Waals surface area contributed by atoms with Gasteiger partial charge in [0.1, 0.15) is 0 Å². The van der Waals surface area contributed by atoms with Crippen LogP contribution < -0.4 is 0 Å². The van der Waals surface area contributed by atoms with Gasteiger partial charge in [-0.25, -0.2) is 15.0 Å².